The zero-order valence-electron chi connectivity index (χ0n) is 8.87. The first kappa shape index (κ1) is 10.4. The van der Waals surface area contributed by atoms with Crippen LogP contribution in [0, 0.1) is 5.82 Å². The molecule has 0 aliphatic heterocycles. The molecule has 17 heavy (non-hydrogen) atoms. The molecule has 1 aromatic heterocycles. The maximum absolute atomic E-state index is 13.1. The van der Waals surface area contributed by atoms with Crippen LogP contribution in [-0.2, 0) is 0 Å². The summed E-state index contributed by atoms with van der Waals surface area (Å²) in [6.45, 7) is 0. The molecule has 3 rings (SSSR count). The van der Waals surface area contributed by atoms with Gasteiger partial charge in [-0.25, -0.2) is 4.39 Å². The largest absolute Gasteiger partial charge is 0.354 e. The van der Waals surface area contributed by atoms with E-state index in [0.29, 0.717) is 5.02 Å². The van der Waals surface area contributed by atoms with Crippen molar-refractivity contribution in [2.24, 2.45) is 0 Å². The summed E-state index contributed by atoms with van der Waals surface area (Å²) in [4.78, 5) is 3.19. The van der Waals surface area contributed by atoms with Crippen molar-refractivity contribution in [3.63, 3.8) is 0 Å². The van der Waals surface area contributed by atoms with E-state index in [2.05, 4.69) is 4.98 Å². The van der Waals surface area contributed by atoms with Crippen LogP contribution >= 0.6 is 11.6 Å². The molecule has 0 saturated heterocycles. The highest BCUT2D eigenvalue weighted by Crippen LogP contribution is 2.25. The summed E-state index contributed by atoms with van der Waals surface area (Å²) in [6.07, 6.45) is 0. The molecule has 0 spiro atoms. The van der Waals surface area contributed by atoms with Gasteiger partial charge >= 0.3 is 0 Å². The van der Waals surface area contributed by atoms with Crippen molar-refractivity contribution >= 4 is 22.5 Å². The number of aromatic nitrogens is 1. The Morgan fingerprint density at radius 3 is 2.47 bits per heavy atom. The van der Waals surface area contributed by atoms with E-state index in [-0.39, 0.29) is 5.82 Å². The van der Waals surface area contributed by atoms with Gasteiger partial charge in [0.05, 0.1) is 0 Å². The fourth-order valence-corrected chi connectivity index (χ4v) is 2.01. The fraction of sp³-hybridized carbons (Fsp3) is 0. The normalized spacial score (nSPS) is 10.9. The number of fused-ring (bicyclic) bond motifs is 1. The lowest BCUT2D eigenvalue weighted by Gasteiger charge is -1.97. The third-order valence-electron chi connectivity index (χ3n) is 2.74. The molecule has 3 heteroatoms. The van der Waals surface area contributed by atoms with Crippen molar-refractivity contribution in [1.82, 2.24) is 4.98 Å². The van der Waals surface area contributed by atoms with Crippen molar-refractivity contribution in [3.05, 3.63) is 59.4 Å². The maximum Gasteiger partial charge on any atom is 0.125 e. The average molecular weight is 246 g/mol. The van der Waals surface area contributed by atoms with Crippen molar-refractivity contribution in [1.29, 1.82) is 0 Å². The second kappa shape index (κ2) is 3.90. The van der Waals surface area contributed by atoms with E-state index in [1.54, 1.807) is 6.07 Å². The van der Waals surface area contributed by atoms with Crippen molar-refractivity contribution in [2.45, 2.75) is 0 Å². The Bertz CT molecular complexity index is 670. The number of rotatable bonds is 1. The van der Waals surface area contributed by atoms with Gasteiger partial charge in [0.25, 0.3) is 0 Å². The monoisotopic (exact) mass is 245 g/mol. The van der Waals surface area contributed by atoms with Crippen molar-refractivity contribution in [2.75, 3.05) is 0 Å². The molecule has 0 saturated carbocycles. The minimum Gasteiger partial charge on any atom is -0.354 e. The minimum absolute atomic E-state index is 0.234. The second-order valence-corrected chi connectivity index (χ2v) is 4.36. The van der Waals surface area contributed by atoms with E-state index in [9.17, 15) is 4.39 Å². The van der Waals surface area contributed by atoms with Gasteiger partial charge in [-0.15, -0.1) is 0 Å². The van der Waals surface area contributed by atoms with Crippen LogP contribution in [0.3, 0.4) is 0 Å². The predicted molar refractivity (Wildman–Crippen MR) is 68.7 cm³/mol. The number of H-pyrrole nitrogens is 1. The number of benzene rings is 2. The standard InChI is InChI=1S/C14H9ClFN/c15-11-4-1-9(2-5-11)13-7-10-3-6-12(16)8-14(10)17-13/h1-8,17H. The molecule has 0 unspecified atom stereocenters. The topological polar surface area (TPSA) is 15.8 Å². The van der Waals surface area contributed by atoms with Crippen LogP contribution in [-0.4, -0.2) is 4.98 Å². The Morgan fingerprint density at radius 2 is 1.71 bits per heavy atom. The molecule has 3 aromatic rings. The minimum atomic E-state index is -0.234. The number of aromatic amines is 1. The molecule has 0 fully saturated rings. The summed E-state index contributed by atoms with van der Waals surface area (Å²) in [5.41, 5.74) is 2.79. The summed E-state index contributed by atoms with van der Waals surface area (Å²) in [7, 11) is 0. The summed E-state index contributed by atoms with van der Waals surface area (Å²) in [6, 6.07) is 14.3. The van der Waals surface area contributed by atoms with Gasteiger partial charge in [0, 0.05) is 21.6 Å². The molecule has 1 heterocycles. The highest BCUT2D eigenvalue weighted by molar-refractivity contribution is 6.30. The zero-order chi connectivity index (χ0) is 11.8. The summed E-state index contributed by atoms with van der Waals surface area (Å²) < 4.78 is 13.1. The van der Waals surface area contributed by atoms with Crippen LogP contribution in [0.4, 0.5) is 4.39 Å². The summed E-state index contributed by atoms with van der Waals surface area (Å²) in [5.74, 6) is -0.234. The molecular weight excluding hydrogens is 237 g/mol. The second-order valence-electron chi connectivity index (χ2n) is 3.92. The molecular formula is C14H9ClFN. The Kier molecular flexibility index (Phi) is 2.37. The van der Waals surface area contributed by atoms with Gasteiger partial charge in [-0.05, 0) is 42.0 Å². The van der Waals surface area contributed by atoms with Gasteiger partial charge < -0.3 is 4.98 Å². The van der Waals surface area contributed by atoms with Gasteiger partial charge in [-0.2, -0.15) is 0 Å². The van der Waals surface area contributed by atoms with Gasteiger partial charge in [0.2, 0.25) is 0 Å². The molecule has 0 amide bonds. The van der Waals surface area contributed by atoms with Crippen molar-refractivity contribution in [3.8, 4) is 11.3 Å². The SMILES string of the molecule is Fc1ccc2cc(-c3ccc(Cl)cc3)[nH]c2c1. The number of halogens is 2. The Hall–Kier alpha value is -1.80. The molecule has 1 N–H and O–H groups in total. The third kappa shape index (κ3) is 1.92. The lowest BCUT2D eigenvalue weighted by molar-refractivity contribution is 0.629. The van der Waals surface area contributed by atoms with E-state index >= 15 is 0 Å². The van der Waals surface area contributed by atoms with Gasteiger partial charge in [-0.3, -0.25) is 0 Å². The highest BCUT2D eigenvalue weighted by atomic mass is 35.5. The van der Waals surface area contributed by atoms with Crippen molar-refractivity contribution < 1.29 is 4.39 Å². The van der Waals surface area contributed by atoms with Crippen LogP contribution in [0.25, 0.3) is 22.2 Å². The van der Waals surface area contributed by atoms with Gasteiger partial charge in [-0.1, -0.05) is 23.7 Å². The Balaban J connectivity index is 2.14. The lowest BCUT2D eigenvalue weighted by Crippen LogP contribution is -1.76. The summed E-state index contributed by atoms with van der Waals surface area (Å²) >= 11 is 5.84. The maximum atomic E-state index is 13.1. The van der Waals surface area contributed by atoms with Crippen LogP contribution in [0.5, 0.6) is 0 Å². The van der Waals surface area contributed by atoms with Crippen LogP contribution < -0.4 is 0 Å². The van der Waals surface area contributed by atoms with E-state index in [1.807, 2.05) is 30.3 Å². The quantitative estimate of drug-likeness (QED) is 0.644. The lowest BCUT2D eigenvalue weighted by atomic mass is 10.1. The first-order valence-corrected chi connectivity index (χ1v) is 5.64. The van der Waals surface area contributed by atoms with Gasteiger partial charge in [0.1, 0.15) is 5.82 Å². The molecule has 0 radical (unpaired) electrons. The van der Waals surface area contributed by atoms with E-state index in [0.717, 1.165) is 22.2 Å². The Labute approximate surface area is 103 Å². The molecule has 0 aliphatic carbocycles. The van der Waals surface area contributed by atoms with E-state index < -0.39 is 0 Å². The first-order valence-electron chi connectivity index (χ1n) is 5.26. The Morgan fingerprint density at radius 1 is 0.941 bits per heavy atom. The molecule has 0 atom stereocenters. The number of hydrogen-bond acceptors (Lipinski definition) is 0. The van der Waals surface area contributed by atoms with Gasteiger partial charge in [0.15, 0.2) is 0 Å². The highest BCUT2D eigenvalue weighted by Gasteiger charge is 2.03. The number of nitrogens with one attached hydrogen (secondary N) is 1. The predicted octanol–water partition coefficient (Wildman–Crippen LogP) is 4.63. The summed E-state index contributed by atoms with van der Waals surface area (Å²) in [5, 5.41) is 1.70. The molecule has 1 nitrogen and oxygen atoms in total. The van der Waals surface area contributed by atoms with Crippen LogP contribution in [0.15, 0.2) is 48.5 Å². The smallest absolute Gasteiger partial charge is 0.125 e. The van der Waals surface area contributed by atoms with Crippen LogP contribution in [0.1, 0.15) is 0 Å². The molecule has 0 bridgehead atoms. The molecule has 2 aromatic carbocycles. The first-order chi connectivity index (χ1) is 8.22. The van der Waals surface area contributed by atoms with E-state index in [1.165, 1.54) is 12.1 Å². The van der Waals surface area contributed by atoms with Crippen LogP contribution in [0.2, 0.25) is 5.02 Å². The molecule has 84 valence electrons. The third-order valence-corrected chi connectivity index (χ3v) is 2.99. The zero-order valence-corrected chi connectivity index (χ0v) is 9.63. The van der Waals surface area contributed by atoms with E-state index in [4.69, 9.17) is 11.6 Å². The average Bonchev–Trinajstić information content (AvgIpc) is 2.72. The fourth-order valence-electron chi connectivity index (χ4n) is 1.88. The number of hydrogen-bond donors (Lipinski definition) is 1. The molecule has 0 aliphatic rings.